The highest BCUT2D eigenvalue weighted by Crippen LogP contribution is 2.23. The number of hydrogen-bond donors (Lipinski definition) is 2. The molecule has 0 saturated carbocycles. The van der Waals surface area contributed by atoms with Crippen LogP contribution in [0.15, 0.2) is 18.2 Å². The number of hydrogen-bond acceptors (Lipinski definition) is 5. The smallest absolute Gasteiger partial charge is 0.257 e. The Morgan fingerprint density at radius 2 is 2.39 bits per heavy atom. The fraction of sp³-hybridized carbons (Fsp3) is 0.250. The van der Waals surface area contributed by atoms with Crippen LogP contribution in [0, 0.1) is 6.92 Å². The minimum Gasteiger partial charge on any atom is -0.384 e. The van der Waals surface area contributed by atoms with Crippen LogP contribution in [0.3, 0.4) is 0 Å². The summed E-state index contributed by atoms with van der Waals surface area (Å²) in [7, 11) is 0. The van der Waals surface area contributed by atoms with Crippen molar-refractivity contribution in [3.05, 3.63) is 35.2 Å². The van der Waals surface area contributed by atoms with Crippen LogP contribution in [0.2, 0.25) is 0 Å². The van der Waals surface area contributed by atoms with Crippen LogP contribution in [-0.4, -0.2) is 21.8 Å². The maximum atomic E-state index is 12.0. The molecule has 5 nitrogen and oxygen atoms in total. The lowest BCUT2D eigenvalue weighted by Crippen LogP contribution is -2.11. The molecule has 0 radical (unpaired) electrons. The molecule has 2 N–H and O–H groups in total. The third-order valence-electron chi connectivity index (χ3n) is 2.83. The molecule has 1 aromatic heterocycles. The van der Waals surface area contributed by atoms with Gasteiger partial charge < -0.3 is 5.32 Å². The van der Waals surface area contributed by atoms with Gasteiger partial charge in [0.2, 0.25) is 5.13 Å². The van der Waals surface area contributed by atoms with E-state index in [0.717, 1.165) is 18.7 Å². The first-order valence-corrected chi connectivity index (χ1v) is 6.48. The number of carbonyl (C=O) groups is 1. The molecular formula is C12H12N4OS. The fourth-order valence-corrected chi connectivity index (χ4v) is 2.53. The zero-order valence-corrected chi connectivity index (χ0v) is 10.7. The average molecular weight is 260 g/mol. The summed E-state index contributed by atoms with van der Waals surface area (Å²) in [6.45, 7) is 2.74. The van der Waals surface area contributed by atoms with E-state index in [1.54, 1.807) is 6.92 Å². The molecule has 1 aliphatic rings. The van der Waals surface area contributed by atoms with Gasteiger partial charge in [-0.05, 0) is 37.1 Å². The number of carbonyl (C=O) groups excluding carboxylic acids is 1. The largest absolute Gasteiger partial charge is 0.384 e. The Hall–Kier alpha value is -1.95. The van der Waals surface area contributed by atoms with E-state index in [0.29, 0.717) is 16.5 Å². The molecule has 6 heteroatoms. The summed E-state index contributed by atoms with van der Waals surface area (Å²) in [6, 6.07) is 5.70. The SMILES string of the molecule is Cc1nsc(NC(=O)c2ccc3c(c2)CCN3)n1. The zero-order valence-electron chi connectivity index (χ0n) is 9.86. The van der Waals surface area contributed by atoms with Gasteiger partial charge in [0.25, 0.3) is 5.91 Å². The summed E-state index contributed by atoms with van der Waals surface area (Å²) in [5.41, 5.74) is 2.97. The van der Waals surface area contributed by atoms with Crippen LogP contribution in [0.1, 0.15) is 21.7 Å². The maximum absolute atomic E-state index is 12.0. The van der Waals surface area contributed by atoms with Crippen molar-refractivity contribution in [2.75, 3.05) is 17.2 Å². The minimum absolute atomic E-state index is 0.138. The normalized spacial score (nSPS) is 12.9. The van der Waals surface area contributed by atoms with Crippen LogP contribution < -0.4 is 10.6 Å². The van der Waals surface area contributed by atoms with Crippen LogP contribution in [0.25, 0.3) is 0 Å². The highest BCUT2D eigenvalue weighted by atomic mass is 32.1. The Bertz CT molecular complexity index is 608. The Balaban J connectivity index is 1.80. The van der Waals surface area contributed by atoms with Gasteiger partial charge in [-0.25, -0.2) is 4.98 Å². The number of nitrogens with one attached hydrogen (secondary N) is 2. The second-order valence-electron chi connectivity index (χ2n) is 4.15. The van der Waals surface area contributed by atoms with Crippen molar-refractivity contribution < 1.29 is 4.79 Å². The first-order valence-electron chi connectivity index (χ1n) is 5.71. The third-order valence-corrected chi connectivity index (χ3v) is 3.55. The number of benzene rings is 1. The molecule has 92 valence electrons. The van der Waals surface area contributed by atoms with Gasteiger partial charge in [0.15, 0.2) is 0 Å². The van der Waals surface area contributed by atoms with Gasteiger partial charge >= 0.3 is 0 Å². The molecule has 0 fully saturated rings. The van der Waals surface area contributed by atoms with Crippen molar-refractivity contribution in [1.29, 1.82) is 0 Å². The predicted molar refractivity (Wildman–Crippen MR) is 71.2 cm³/mol. The second kappa shape index (κ2) is 4.38. The van der Waals surface area contributed by atoms with E-state index in [4.69, 9.17) is 0 Å². The molecule has 2 heterocycles. The lowest BCUT2D eigenvalue weighted by molar-refractivity contribution is 0.102. The third kappa shape index (κ3) is 2.06. The average Bonchev–Trinajstić information content (AvgIpc) is 2.96. The van der Waals surface area contributed by atoms with Crippen molar-refractivity contribution in [3.63, 3.8) is 0 Å². The molecule has 0 spiro atoms. The van der Waals surface area contributed by atoms with Crippen LogP contribution in [0.4, 0.5) is 10.8 Å². The summed E-state index contributed by atoms with van der Waals surface area (Å²) in [6.07, 6.45) is 0.967. The van der Waals surface area contributed by atoms with Crippen molar-refractivity contribution in [2.45, 2.75) is 13.3 Å². The molecule has 2 aromatic rings. The van der Waals surface area contributed by atoms with Crippen molar-refractivity contribution in [2.24, 2.45) is 0 Å². The summed E-state index contributed by atoms with van der Waals surface area (Å²) >= 11 is 1.19. The molecule has 18 heavy (non-hydrogen) atoms. The van der Waals surface area contributed by atoms with Crippen molar-refractivity contribution in [3.8, 4) is 0 Å². The zero-order chi connectivity index (χ0) is 12.5. The van der Waals surface area contributed by atoms with Gasteiger partial charge in [0.05, 0.1) is 0 Å². The summed E-state index contributed by atoms with van der Waals surface area (Å²) in [4.78, 5) is 16.1. The number of fused-ring (bicyclic) bond motifs is 1. The molecule has 3 rings (SSSR count). The number of nitrogens with zero attached hydrogens (tertiary/aromatic N) is 2. The first-order chi connectivity index (χ1) is 8.72. The molecular weight excluding hydrogens is 248 g/mol. The molecule has 0 saturated heterocycles. The van der Waals surface area contributed by atoms with Crippen molar-refractivity contribution in [1.82, 2.24) is 9.36 Å². The lowest BCUT2D eigenvalue weighted by Gasteiger charge is -2.04. The van der Waals surface area contributed by atoms with E-state index in [1.807, 2.05) is 18.2 Å². The molecule has 0 atom stereocenters. The number of rotatable bonds is 2. The molecule has 1 aliphatic heterocycles. The number of anilines is 2. The fourth-order valence-electron chi connectivity index (χ4n) is 1.96. The van der Waals surface area contributed by atoms with Gasteiger partial charge in [0.1, 0.15) is 5.82 Å². The monoisotopic (exact) mass is 260 g/mol. The Morgan fingerprint density at radius 1 is 1.50 bits per heavy atom. The molecule has 1 amide bonds. The topological polar surface area (TPSA) is 66.9 Å². The van der Waals surface area contributed by atoms with Crippen LogP contribution in [0.5, 0.6) is 0 Å². The van der Waals surface area contributed by atoms with Gasteiger partial charge in [0, 0.05) is 29.3 Å². The first kappa shape index (κ1) is 11.2. The van der Waals surface area contributed by atoms with Crippen molar-refractivity contribution >= 4 is 28.3 Å². The summed E-state index contributed by atoms with van der Waals surface area (Å²) in [5.74, 6) is 0.536. The van der Waals surface area contributed by atoms with E-state index in [9.17, 15) is 4.79 Å². The standard InChI is InChI=1S/C12H12N4OS/c1-7-14-12(18-16-7)15-11(17)9-2-3-10-8(6-9)4-5-13-10/h2-3,6,13H,4-5H2,1H3,(H,14,15,16,17). The van der Waals surface area contributed by atoms with Gasteiger partial charge in [-0.2, -0.15) is 4.37 Å². The highest BCUT2D eigenvalue weighted by Gasteiger charge is 2.14. The molecule has 0 unspecified atom stereocenters. The minimum atomic E-state index is -0.138. The molecule has 1 aromatic carbocycles. The van der Waals surface area contributed by atoms with Crippen LogP contribution in [-0.2, 0) is 6.42 Å². The quantitative estimate of drug-likeness (QED) is 0.867. The van der Waals surface area contributed by atoms with Gasteiger partial charge in [-0.3, -0.25) is 10.1 Å². The van der Waals surface area contributed by atoms with E-state index >= 15 is 0 Å². The van der Waals surface area contributed by atoms with Crippen LogP contribution >= 0.6 is 11.5 Å². The lowest BCUT2D eigenvalue weighted by atomic mass is 10.1. The van der Waals surface area contributed by atoms with Gasteiger partial charge in [-0.15, -0.1) is 0 Å². The molecule has 0 aliphatic carbocycles. The van der Waals surface area contributed by atoms with E-state index in [2.05, 4.69) is 20.0 Å². The number of aromatic nitrogens is 2. The summed E-state index contributed by atoms with van der Waals surface area (Å²) in [5, 5.41) is 6.56. The van der Waals surface area contributed by atoms with E-state index in [1.165, 1.54) is 17.1 Å². The second-order valence-corrected chi connectivity index (χ2v) is 4.90. The summed E-state index contributed by atoms with van der Waals surface area (Å²) < 4.78 is 4.03. The Morgan fingerprint density at radius 3 is 3.17 bits per heavy atom. The molecule has 0 bridgehead atoms. The van der Waals surface area contributed by atoms with E-state index < -0.39 is 0 Å². The van der Waals surface area contributed by atoms with E-state index in [-0.39, 0.29) is 5.91 Å². The predicted octanol–water partition coefficient (Wildman–Crippen LogP) is 2.07. The Labute approximate surface area is 108 Å². The maximum Gasteiger partial charge on any atom is 0.257 e. The Kier molecular flexibility index (Phi) is 2.71. The van der Waals surface area contributed by atoms with Gasteiger partial charge in [-0.1, -0.05) is 0 Å². The highest BCUT2D eigenvalue weighted by molar-refractivity contribution is 7.09. The number of amides is 1. The number of aryl methyl sites for hydroxylation is 1.